The van der Waals surface area contributed by atoms with Crippen molar-refractivity contribution in [3.8, 4) is 0 Å². The Kier molecular flexibility index (Phi) is 4.45. The van der Waals surface area contributed by atoms with E-state index in [1.807, 2.05) is 36.4 Å². The molecule has 3 aromatic carbocycles. The number of hydrogen-bond acceptors (Lipinski definition) is 4. The summed E-state index contributed by atoms with van der Waals surface area (Å²) >= 11 is 0. The van der Waals surface area contributed by atoms with E-state index in [2.05, 4.69) is 0 Å². The Bertz CT molecular complexity index is 1050. The zero-order valence-corrected chi connectivity index (χ0v) is 15.2. The zero-order valence-electron chi connectivity index (χ0n) is 15.2. The van der Waals surface area contributed by atoms with Crippen LogP contribution < -0.4 is 10.6 Å². The van der Waals surface area contributed by atoms with Crippen LogP contribution >= 0.6 is 0 Å². The average Bonchev–Trinajstić information content (AvgIpc) is 2.91. The van der Waals surface area contributed by atoms with Crippen molar-refractivity contribution in [3.05, 3.63) is 95.6 Å². The molecule has 1 aliphatic heterocycles. The number of para-hydroxylation sites is 1. The monoisotopic (exact) mass is 372 g/mol. The Morgan fingerprint density at radius 1 is 0.964 bits per heavy atom. The summed E-state index contributed by atoms with van der Waals surface area (Å²) in [5.74, 6) is -0.825. The lowest BCUT2D eigenvalue weighted by Crippen LogP contribution is -2.41. The summed E-state index contributed by atoms with van der Waals surface area (Å²) < 4.78 is 0. The van der Waals surface area contributed by atoms with Crippen LogP contribution in [0.5, 0.6) is 0 Å². The second-order valence-corrected chi connectivity index (χ2v) is 6.98. The van der Waals surface area contributed by atoms with Gasteiger partial charge in [0.2, 0.25) is 0 Å². The van der Waals surface area contributed by atoms with Crippen LogP contribution in [0.4, 0.5) is 11.4 Å². The Balaban J connectivity index is 1.68. The maximum atomic E-state index is 13.2. The molecule has 4 rings (SSSR count). The number of Topliss-reactive ketones (excluding diaryl/α,β-unsaturated/α-hetero) is 1. The number of anilines is 2. The van der Waals surface area contributed by atoms with Gasteiger partial charge in [0, 0.05) is 16.8 Å². The summed E-state index contributed by atoms with van der Waals surface area (Å²) in [5.41, 5.74) is 6.72. The van der Waals surface area contributed by atoms with Crippen molar-refractivity contribution in [3.63, 3.8) is 0 Å². The number of rotatable bonds is 5. The molecule has 1 amide bonds. The van der Waals surface area contributed by atoms with Gasteiger partial charge in [-0.15, -0.1) is 0 Å². The van der Waals surface area contributed by atoms with Gasteiger partial charge in [0.05, 0.1) is 18.7 Å². The highest BCUT2D eigenvalue weighted by molar-refractivity contribution is 6.10. The summed E-state index contributed by atoms with van der Waals surface area (Å²) in [6.45, 7) is 0.325. The van der Waals surface area contributed by atoms with Crippen LogP contribution in [0.2, 0.25) is 0 Å². The minimum absolute atomic E-state index is 0.325. The van der Waals surface area contributed by atoms with Gasteiger partial charge in [-0.25, -0.2) is 0 Å². The van der Waals surface area contributed by atoms with Crippen molar-refractivity contribution in [2.24, 2.45) is 0 Å². The fraction of sp³-hybridized carbons (Fsp3) is 0.130. The largest absolute Gasteiger partial charge is 0.399 e. The SMILES string of the molecule is Nc1cccc(C(=O)CC2(O)C(=O)N(Cc3ccccc3)c3ccccc32)c1. The van der Waals surface area contributed by atoms with Crippen molar-refractivity contribution < 1.29 is 14.7 Å². The minimum Gasteiger partial charge on any atom is -0.399 e. The van der Waals surface area contributed by atoms with Crippen molar-refractivity contribution in [2.75, 3.05) is 10.6 Å². The number of nitrogen functional groups attached to an aromatic ring is 1. The molecular formula is C23H20N2O3. The van der Waals surface area contributed by atoms with Crippen LogP contribution in [-0.2, 0) is 16.9 Å². The van der Waals surface area contributed by atoms with Gasteiger partial charge in [-0.2, -0.15) is 0 Å². The number of ketones is 1. The summed E-state index contributed by atoms with van der Waals surface area (Å²) in [5, 5.41) is 11.3. The van der Waals surface area contributed by atoms with E-state index >= 15 is 0 Å². The second kappa shape index (κ2) is 6.94. The van der Waals surface area contributed by atoms with Crippen LogP contribution in [0, 0.1) is 0 Å². The van der Waals surface area contributed by atoms with Crippen LogP contribution in [-0.4, -0.2) is 16.8 Å². The van der Waals surface area contributed by atoms with E-state index in [4.69, 9.17) is 5.73 Å². The molecule has 3 N–H and O–H groups in total. The van der Waals surface area contributed by atoms with E-state index in [9.17, 15) is 14.7 Å². The van der Waals surface area contributed by atoms with Gasteiger partial charge in [-0.3, -0.25) is 9.59 Å². The highest BCUT2D eigenvalue weighted by Crippen LogP contribution is 2.43. The maximum Gasteiger partial charge on any atom is 0.264 e. The molecule has 0 bridgehead atoms. The van der Waals surface area contributed by atoms with Crippen molar-refractivity contribution >= 4 is 23.1 Å². The summed E-state index contributed by atoms with van der Waals surface area (Å²) in [4.78, 5) is 27.6. The molecule has 0 saturated carbocycles. The summed E-state index contributed by atoms with van der Waals surface area (Å²) in [7, 11) is 0. The predicted octanol–water partition coefficient (Wildman–Crippen LogP) is 3.28. The molecule has 1 atom stereocenters. The molecule has 5 heteroatoms. The molecule has 1 aliphatic rings. The first kappa shape index (κ1) is 17.9. The summed E-state index contributed by atoms with van der Waals surface area (Å²) in [6.07, 6.45) is -0.336. The van der Waals surface area contributed by atoms with Crippen molar-refractivity contribution in [2.45, 2.75) is 18.6 Å². The van der Waals surface area contributed by atoms with Gasteiger partial charge >= 0.3 is 0 Å². The zero-order chi connectivity index (χ0) is 19.7. The third-order valence-corrected chi connectivity index (χ3v) is 5.05. The molecule has 0 fully saturated rings. The van der Waals surface area contributed by atoms with E-state index in [-0.39, 0.29) is 12.2 Å². The van der Waals surface area contributed by atoms with Gasteiger partial charge in [0.1, 0.15) is 0 Å². The lowest BCUT2D eigenvalue weighted by Gasteiger charge is -2.23. The molecular weight excluding hydrogens is 352 g/mol. The number of benzene rings is 3. The maximum absolute atomic E-state index is 13.2. The van der Waals surface area contributed by atoms with Gasteiger partial charge in [-0.1, -0.05) is 60.7 Å². The first-order valence-electron chi connectivity index (χ1n) is 9.05. The molecule has 1 heterocycles. The van der Waals surface area contributed by atoms with Crippen molar-refractivity contribution in [1.29, 1.82) is 0 Å². The minimum atomic E-state index is -1.90. The lowest BCUT2D eigenvalue weighted by atomic mass is 9.88. The highest BCUT2D eigenvalue weighted by atomic mass is 16.3. The predicted molar refractivity (Wildman–Crippen MR) is 108 cm³/mol. The molecule has 0 aliphatic carbocycles. The van der Waals surface area contributed by atoms with Crippen LogP contribution in [0.1, 0.15) is 27.9 Å². The molecule has 140 valence electrons. The molecule has 0 saturated heterocycles. The first-order chi connectivity index (χ1) is 13.5. The normalized spacial score (nSPS) is 18.2. The number of nitrogens with zero attached hydrogens (tertiary/aromatic N) is 1. The topological polar surface area (TPSA) is 83.6 Å². The second-order valence-electron chi connectivity index (χ2n) is 6.98. The standard InChI is InChI=1S/C23H20N2O3/c24-18-10-6-9-17(13-18)21(26)14-23(28)19-11-4-5-12-20(19)25(22(23)27)15-16-7-2-1-3-8-16/h1-13,28H,14-15,24H2. The molecule has 3 aromatic rings. The van der Waals surface area contributed by atoms with Crippen molar-refractivity contribution in [1.82, 2.24) is 0 Å². The van der Waals surface area contributed by atoms with Gasteiger partial charge in [0.25, 0.3) is 5.91 Å². The Morgan fingerprint density at radius 3 is 2.43 bits per heavy atom. The molecule has 28 heavy (non-hydrogen) atoms. The third-order valence-electron chi connectivity index (χ3n) is 5.05. The molecule has 5 nitrogen and oxygen atoms in total. The Morgan fingerprint density at radius 2 is 1.68 bits per heavy atom. The highest BCUT2D eigenvalue weighted by Gasteiger charge is 2.50. The summed E-state index contributed by atoms with van der Waals surface area (Å²) in [6, 6.07) is 23.2. The third kappa shape index (κ3) is 3.06. The molecule has 1 unspecified atom stereocenters. The molecule has 0 radical (unpaired) electrons. The number of hydrogen-bond donors (Lipinski definition) is 2. The molecule has 0 aromatic heterocycles. The van der Waals surface area contributed by atoms with E-state index in [0.717, 1.165) is 5.56 Å². The lowest BCUT2D eigenvalue weighted by molar-refractivity contribution is -0.136. The fourth-order valence-electron chi connectivity index (χ4n) is 3.65. The quantitative estimate of drug-likeness (QED) is 0.532. The van der Waals surface area contributed by atoms with Gasteiger partial charge < -0.3 is 15.7 Å². The number of nitrogens with two attached hydrogens (primary N) is 1. The van der Waals surface area contributed by atoms with Crippen LogP contribution in [0.15, 0.2) is 78.9 Å². The van der Waals surface area contributed by atoms with E-state index in [0.29, 0.717) is 29.0 Å². The fourth-order valence-corrected chi connectivity index (χ4v) is 3.65. The van der Waals surface area contributed by atoms with E-state index in [1.54, 1.807) is 42.5 Å². The van der Waals surface area contributed by atoms with Crippen LogP contribution in [0.25, 0.3) is 0 Å². The average molecular weight is 372 g/mol. The number of aliphatic hydroxyl groups is 1. The number of amides is 1. The van der Waals surface area contributed by atoms with Crippen LogP contribution in [0.3, 0.4) is 0 Å². The van der Waals surface area contributed by atoms with Gasteiger partial charge in [-0.05, 0) is 23.8 Å². The first-order valence-corrected chi connectivity index (χ1v) is 9.05. The van der Waals surface area contributed by atoms with E-state index < -0.39 is 11.5 Å². The Hall–Kier alpha value is -3.44. The number of carbonyl (C=O) groups is 2. The van der Waals surface area contributed by atoms with E-state index in [1.165, 1.54) is 4.90 Å². The Labute approximate surface area is 163 Å². The van der Waals surface area contributed by atoms with Gasteiger partial charge in [0.15, 0.2) is 11.4 Å². The molecule has 0 spiro atoms. The number of carbonyl (C=O) groups excluding carboxylic acids is 2. The number of fused-ring (bicyclic) bond motifs is 1. The smallest absolute Gasteiger partial charge is 0.264 e.